The Morgan fingerprint density at radius 1 is 0.667 bits per heavy atom. The van der Waals surface area contributed by atoms with Crippen molar-refractivity contribution in [3.8, 4) is 0 Å². The van der Waals surface area contributed by atoms with Crippen LogP contribution in [0.2, 0.25) is 0 Å². The van der Waals surface area contributed by atoms with E-state index in [-0.39, 0.29) is 59.8 Å². The Bertz CT molecular complexity index is 28.0. The Hall–Kier alpha value is 1.41. The molecule has 9 heavy (non-hydrogen) atoms. The van der Waals surface area contributed by atoms with E-state index in [0.29, 0.717) is 0 Å². The summed E-state index contributed by atoms with van der Waals surface area (Å²) in [5, 5.41) is 0. The Morgan fingerprint density at radius 2 is 0.889 bits per heavy atom. The van der Waals surface area contributed by atoms with Crippen LogP contribution in [0.25, 0.3) is 0 Å². The third kappa shape index (κ3) is 9.41. The summed E-state index contributed by atoms with van der Waals surface area (Å²) >= 11 is 0. The smallest absolute Gasteiger partial charge is 0.870 e. The van der Waals surface area contributed by atoms with Crippen molar-refractivity contribution in [3.63, 3.8) is 0 Å². The quantitative estimate of drug-likeness (QED) is 0.539. The first kappa shape index (κ1) is 16.8. The summed E-state index contributed by atoms with van der Waals surface area (Å²) in [5.41, 5.74) is 0. The van der Waals surface area contributed by atoms with Crippen molar-refractivity contribution in [1.82, 2.24) is 0 Å². The third-order valence-electron chi connectivity index (χ3n) is 0.744. The Labute approximate surface area is 94.6 Å². The molecule has 5 heteroatoms. The molecule has 2 N–H and O–H groups in total. The number of rotatable bonds is 0. The van der Waals surface area contributed by atoms with Gasteiger partial charge in [-0.2, -0.15) is 0 Å². The monoisotopic (exact) mass is 260 g/mol. The third-order valence-corrected chi connectivity index (χ3v) is 0.744. The molecule has 0 aromatic rings. The largest absolute Gasteiger partial charge is 2.00 e. The van der Waals surface area contributed by atoms with Gasteiger partial charge in [-0.25, -0.2) is 0 Å². The van der Waals surface area contributed by atoms with Gasteiger partial charge in [0.05, 0.1) is 26.4 Å². The summed E-state index contributed by atoms with van der Waals surface area (Å²) in [6.07, 6.45) is 0. The molecule has 1 aliphatic rings. The van der Waals surface area contributed by atoms with Gasteiger partial charge in [0.15, 0.2) is 0 Å². The molecule has 0 aliphatic carbocycles. The van der Waals surface area contributed by atoms with Crippen LogP contribution in [0.5, 0.6) is 0 Å². The molecular formula is C4H10BaO4. The van der Waals surface area contributed by atoms with E-state index in [9.17, 15) is 0 Å². The summed E-state index contributed by atoms with van der Waals surface area (Å²) < 4.78 is 9.89. The van der Waals surface area contributed by atoms with Crippen LogP contribution in [0, 0.1) is 0 Å². The van der Waals surface area contributed by atoms with Crippen molar-refractivity contribution in [2.75, 3.05) is 26.4 Å². The fraction of sp³-hybridized carbons (Fsp3) is 1.00. The van der Waals surface area contributed by atoms with E-state index in [1.54, 1.807) is 0 Å². The maximum atomic E-state index is 4.94. The van der Waals surface area contributed by atoms with Crippen LogP contribution in [-0.2, 0) is 9.47 Å². The van der Waals surface area contributed by atoms with Crippen LogP contribution < -0.4 is 0 Å². The maximum absolute atomic E-state index is 4.94. The minimum absolute atomic E-state index is 0. The summed E-state index contributed by atoms with van der Waals surface area (Å²) in [6, 6.07) is 0. The fourth-order valence-corrected chi connectivity index (χ4v) is 0.440. The minimum atomic E-state index is 0. The van der Waals surface area contributed by atoms with Gasteiger partial charge in [0.1, 0.15) is 0 Å². The second-order valence-electron chi connectivity index (χ2n) is 1.22. The number of hydrogen-bond donors (Lipinski definition) is 0. The Morgan fingerprint density at radius 3 is 1.00 bits per heavy atom. The zero-order valence-electron chi connectivity index (χ0n) is 5.25. The molecule has 52 valence electrons. The SMILES string of the molecule is C1COCCO1.[Ba+2].[OH-].[OH-]. The van der Waals surface area contributed by atoms with E-state index < -0.39 is 0 Å². The Kier molecular flexibility index (Phi) is 22.6. The summed E-state index contributed by atoms with van der Waals surface area (Å²) in [7, 11) is 0. The van der Waals surface area contributed by atoms with Gasteiger partial charge in [-0.3, -0.25) is 0 Å². The topological polar surface area (TPSA) is 78.5 Å². The van der Waals surface area contributed by atoms with Crippen LogP contribution in [-0.4, -0.2) is 86.3 Å². The van der Waals surface area contributed by atoms with E-state index in [1.807, 2.05) is 0 Å². The van der Waals surface area contributed by atoms with Crippen molar-refractivity contribution >= 4 is 48.9 Å². The van der Waals surface area contributed by atoms with Gasteiger partial charge in [-0.05, 0) is 0 Å². The van der Waals surface area contributed by atoms with Crippen LogP contribution in [0.1, 0.15) is 0 Å². The normalized spacial score (nSPS) is 16.0. The predicted octanol–water partition coefficient (Wildman–Crippen LogP) is -0.701. The zero-order chi connectivity index (χ0) is 4.24. The summed E-state index contributed by atoms with van der Waals surface area (Å²) in [6.45, 7) is 3.11. The molecule has 0 amide bonds. The second kappa shape index (κ2) is 12.1. The molecule has 1 aliphatic heterocycles. The minimum Gasteiger partial charge on any atom is -0.870 e. The maximum Gasteiger partial charge on any atom is 2.00 e. The van der Waals surface area contributed by atoms with E-state index >= 15 is 0 Å². The molecule has 1 fully saturated rings. The molecule has 0 unspecified atom stereocenters. The van der Waals surface area contributed by atoms with Crippen molar-refractivity contribution in [2.24, 2.45) is 0 Å². The number of hydrogen-bond acceptors (Lipinski definition) is 4. The molecule has 0 spiro atoms. The van der Waals surface area contributed by atoms with Crippen molar-refractivity contribution < 1.29 is 20.4 Å². The first-order valence-corrected chi connectivity index (χ1v) is 2.15. The van der Waals surface area contributed by atoms with Crippen molar-refractivity contribution in [1.29, 1.82) is 0 Å². The Balaban J connectivity index is -0.000000120. The van der Waals surface area contributed by atoms with Crippen molar-refractivity contribution in [2.45, 2.75) is 0 Å². The van der Waals surface area contributed by atoms with E-state index in [4.69, 9.17) is 9.47 Å². The molecule has 0 atom stereocenters. The predicted molar refractivity (Wildman–Crippen MR) is 31.3 cm³/mol. The molecule has 0 radical (unpaired) electrons. The molecule has 4 nitrogen and oxygen atoms in total. The van der Waals surface area contributed by atoms with Gasteiger partial charge in [0, 0.05) is 0 Å². The zero-order valence-corrected chi connectivity index (χ0v) is 9.69. The molecular weight excluding hydrogens is 249 g/mol. The van der Waals surface area contributed by atoms with Gasteiger partial charge in [-0.1, -0.05) is 0 Å². The van der Waals surface area contributed by atoms with E-state index in [2.05, 4.69) is 0 Å². The molecule has 0 saturated carbocycles. The molecule has 0 aromatic carbocycles. The van der Waals surface area contributed by atoms with Gasteiger partial charge in [0.2, 0.25) is 0 Å². The summed E-state index contributed by atoms with van der Waals surface area (Å²) in [5.74, 6) is 0. The average Bonchev–Trinajstić information content (AvgIpc) is 1.72. The molecule has 1 rings (SSSR count). The van der Waals surface area contributed by atoms with Crippen LogP contribution in [0.3, 0.4) is 0 Å². The van der Waals surface area contributed by atoms with Gasteiger partial charge < -0.3 is 20.4 Å². The fourth-order valence-electron chi connectivity index (χ4n) is 0.440. The van der Waals surface area contributed by atoms with Crippen LogP contribution in [0.4, 0.5) is 0 Å². The molecule has 0 bridgehead atoms. The average molecular weight is 259 g/mol. The molecule has 1 saturated heterocycles. The van der Waals surface area contributed by atoms with Gasteiger partial charge >= 0.3 is 48.9 Å². The molecule has 0 aromatic heterocycles. The van der Waals surface area contributed by atoms with Crippen LogP contribution >= 0.6 is 0 Å². The van der Waals surface area contributed by atoms with Gasteiger partial charge in [0.25, 0.3) is 0 Å². The van der Waals surface area contributed by atoms with Gasteiger partial charge in [-0.15, -0.1) is 0 Å². The van der Waals surface area contributed by atoms with E-state index in [0.717, 1.165) is 26.4 Å². The van der Waals surface area contributed by atoms with E-state index in [1.165, 1.54) is 0 Å². The molecule has 1 heterocycles. The standard InChI is InChI=1S/C4H8O2.Ba.2H2O/c1-2-6-4-3-5-1;;;/h1-4H2;;2*1H2/q;+2;;/p-2. The first-order chi connectivity index (χ1) is 3.00. The second-order valence-corrected chi connectivity index (χ2v) is 1.22. The first-order valence-electron chi connectivity index (χ1n) is 2.15. The summed E-state index contributed by atoms with van der Waals surface area (Å²) in [4.78, 5) is 0. The van der Waals surface area contributed by atoms with Crippen molar-refractivity contribution in [3.05, 3.63) is 0 Å². The van der Waals surface area contributed by atoms with Crippen LogP contribution in [0.15, 0.2) is 0 Å². The number of ether oxygens (including phenoxy) is 2.